The average molecular weight is 344 g/mol. The fourth-order valence-corrected chi connectivity index (χ4v) is 3.66. The van der Waals surface area contributed by atoms with Crippen LogP contribution in [0.1, 0.15) is 31.5 Å². The monoisotopic (exact) mass is 344 g/mol. The molecule has 1 saturated heterocycles. The van der Waals surface area contributed by atoms with Gasteiger partial charge in [-0.2, -0.15) is 5.10 Å². The van der Waals surface area contributed by atoms with Crippen molar-refractivity contribution in [1.82, 2.24) is 29.9 Å². The molecule has 0 spiro atoms. The van der Waals surface area contributed by atoms with Crippen LogP contribution in [0.15, 0.2) is 12.4 Å². The first-order chi connectivity index (χ1) is 12.2. The first-order valence-electron chi connectivity index (χ1n) is 9.00. The third-order valence-corrected chi connectivity index (χ3v) is 5.15. The summed E-state index contributed by atoms with van der Waals surface area (Å²) in [7, 11) is 1.89. The second kappa shape index (κ2) is 6.95. The van der Waals surface area contributed by atoms with E-state index in [4.69, 9.17) is 4.74 Å². The molecular formula is C17H24N6O2. The Morgan fingerprint density at radius 2 is 2.08 bits per heavy atom. The quantitative estimate of drug-likeness (QED) is 0.895. The number of hydrogen-bond donors (Lipinski definition) is 1. The van der Waals surface area contributed by atoms with Crippen LogP contribution >= 0.6 is 0 Å². The molecule has 0 aliphatic carbocycles. The van der Waals surface area contributed by atoms with E-state index in [0.29, 0.717) is 13.2 Å². The Morgan fingerprint density at radius 1 is 1.24 bits per heavy atom. The number of rotatable bonds is 3. The van der Waals surface area contributed by atoms with E-state index in [1.807, 2.05) is 19.4 Å². The Kier molecular flexibility index (Phi) is 4.52. The number of amides is 1. The van der Waals surface area contributed by atoms with E-state index in [1.54, 1.807) is 4.68 Å². The summed E-state index contributed by atoms with van der Waals surface area (Å²) in [5.74, 6) is 2.13. The minimum atomic E-state index is 0.0988. The van der Waals surface area contributed by atoms with Crippen LogP contribution in [0.4, 0.5) is 0 Å². The van der Waals surface area contributed by atoms with Crippen molar-refractivity contribution in [3.05, 3.63) is 18.2 Å². The lowest BCUT2D eigenvalue weighted by Crippen LogP contribution is -2.41. The van der Waals surface area contributed by atoms with Gasteiger partial charge in [-0.05, 0) is 25.7 Å². The standard InChI is InChI=1S/C17H24N6O2/c1-22-11-13(10-18-22)16-21-20-15-3-2-14(4-7-23(15)16)19-17(24)12-5-8-25-9-6-12/h10-12,14H,2-9H2,1H3,(H,19,24). The minimum absolute atomic E-state index is 0.0988. The van der Waals surface area contributed by atoms with Crippen molar-refractivity contribution in [1.29, 1.82) is 0 Å². The van der Waals surface area contributed by atoms with E-state index < -0.39 is 0 Å². The number of carbonyl (C=O) groups excluding carboxylic acids is 1. The zero-order valence-electron chi connectivity index (χ0n) is 14.5. The number of nitrogens with zero attached hydrogens (tertiary/aromatic N) is 5. The molecule has 2 aromatic rings. The van der Waals surface area contributed by atoms with E-state index in [9.17, 15) is 4.79 Å². The van der Waals surface area contributed by atoms with Crippen molar-refractivity contribution in [2.24, 2.45) is 13.0 Å². The van der Waals surface area contributed by atoms with Crippen molar-refractivity contribution in [2.45, 2.75) is 44.7 Å². The first kappa shape index (κ1) is 16.3. The highest BCUT2D eigenvalue weighted by molar-refractivity contribution is 5.79. The Balaban J connectivity index is 1.42. The Hall–Kier alpha value is -2.22. The topological polar surface area (TPSA) is 86.9 Å². The molecule has 0 aromatic carbocycles. The number of aromatic nitrogens is 5. The third-order valence-electron chi connectivity index (χ3n) is 5.15. The van der Waals surface area contributed by atoms with Gasteiger partial charge in [0.2, 0.25) is 5.91 Å². The smallest absolute Gasteiger partial charge is 0.223 e. The molecule has 2 aliphatic heterocycles. The molecule has 2 aromatic heterocycles. The van der Waals surface area contributed by atoms with Gasteiger partial charge in [-0.3, -0.25) is 9.48 Å². The molecule has 0 saturated carbocycles. The molecule has 1 N–H and O–H groups in total. The number of fused-ring (bicyclic) bond motifs is 1. The van der Waals surface area contributed by atoms with Gasteiger partial charge >= 0.3 is 0 Å². The third kappa shape index (κ3) is 3.44. The molecule has 1 atom stereocenters. The maximum absolute atomic E-state index is 12.5. The summed E-state index contributed by atoms with van der Waals surface area (Å²) in [6.07, 6.45) is 8.04. The molecular weight excluding hydrogens is 320 g/mol. The number of aryl methyl sites for hydroxylation is 2. The molecule has 1 unspecified atom stereocenters. The summed E-state index contributed by atoms with van der Waals surface area (Å²) >= 11 is 0. The number of carbonyl (C=O) groups is 1. The van der Waals surface area contributed by atoms with Gasteiger partial charge in [0.25, 0.3) is 0 Å². The highest BCUT2D eigenvalue weighted by Crippen LogP contribution is 2.23. The van der Waals surface area contributed by atoms with Crippen LogP contribution < -0.4 is 5.32 Å². The fourth-order valence-electron chi connectivity index (χ4n) is 3.66. The molecule has 4 rings (SSSR count). The second-order valence-corrected chi connectivity index (χ2v) is 6.91. The molecule has 1 fully saturated rings. The molecule has 8 heteroatoms. The summed E-state index contributed by atoms with van der Waals surface area (Å²) in [5.41, 5.74) is 0.978. The Morgan fingerprint density at radius 3 is 2.84 bits per heavy atom. The van der Waals surface area contributed by atoms with E-state index in [0.717, 1.165) is 55.9 Å². The Labute approximate surface area is 146 Å². The lowest BCUT2D eigenvalue weighted by molar-refractivity contribution is -0.128. The van der Waals surface area contributed by atoms with Crippen LogP contribution in [0.5, 0.6) is 0 Å². The van der Waals surface area contributed by atoms with Gasteiger partial charge in [-0.25, -0.2) is 0 Å². The SMILES string of the molecule is Cn1cc(-c2nnc3n2CCC(NC(=O)C2CCOCC2)CC3)cn1. The van der Waals surface area contributed by atoms with Crippen molar-refractivity contribution in [2.75, 3.05) is 13.2 Å². The van der Waals surface area contributed by atoms with Crippen LogP contribution in [-0.2, 0) is 29.5 Å². The molecule has 25 heavy (non-hydrogen) atoms. The van der Waals surface area contributed by atoms with Crippen molar-refractivity contribution < 1.29 is 9.53 Å². The van der Waals surface area contributed by atoms with Crippen molar-refractivity contribution in [3.8, 4) is 11.4 Å². The molecule has 8 nitrogen and oxygen atoms in total. The van der Waals surface area contributed by atoms with Gasteiger partial charge in [0, 0.05) is 51.4 Å². The van der Waals surface area contributed by atoms with E-state index >= 15 is 0 Å². The van der Waals surface area contributed by atoms with E-state index in [-0.39, 0.29) is 17.9 Å². The molecule has 134 valence electrons. The average Bonchev–Trinajstić information content (AvgIpc) is 3.18. The molecule has 0 radical (unpaired) electrons. The van der Waals surface area contributed by atoms with Crippen LogP contribution in [0.2, 0.25) is 0 Å². The molecule has 4 heterocycles. The predicted molar refractivity (Wildman–Crippen MR) is 90.6 cm³/mol. The van der Waals surface area contributed by atoms with Crippen LogP contribution in [-0.4, -0.2) is 49.7 Å². The molecule has 2 aliphatic rings. The highest BCUT2D eigenvalue weighted by atomic mass is 16.5. The second-order valence-electron chi connectivity index (χ2n) is 6.91. The summed E-state index contributed by atoms with van der Waals surface area (Å²) in [6.45, 7) is 2.20. The van der Waals surface area contributed by atoms with Crippen LogP contribution in [0, 0.1) is 5.92 Å². The number of nitrogens with one attached hydrogen (secondary N) is 1. The highest BCUT2D eigenvalue weighted by Gasteiger charge is 2.26. The number of hydrogen-bond acceptors (Lipinski definition) is 5. The zero-order valence-corrected chi connectivity index (χ0v) is 14.5. The lowest BCUT2D eigenvalue weighted by Gasteiger charge is -2.24. The largest absolute Gasteiger partial charge is 0.381 e. The normalized spacial score (nSPS) is 21.6. The van der Waals surface area contributed by atoms with Gasteiger partial charge in [0.1, 0.15) is 5.82 Å². The lowest BCUT2D eigenvalue weighted by atomic mass is 9.98. The van der Waals surface area contributed by atoms with E-state index in [1.165, 1.54) is 0 Å². The summed E-state index contributed by atoms with van der Waals surface area (Å²) < 4.78 is 9.28. The molecule has 1 amide bonds. The van der Waals surface area contributed by atoms with Crippen LogP contribution in [0.3, 0.4) is 0 Å². The van der Waals surface area contributed by atoms with E-state index in [2.05, 4.69) is 25.2 Å². The van der Waals surface area contributed by atoms with Crippen LogP contribution in [0.25, 0.3) is 11.4 Å². The van der Waals surface area contributed by atoms with Gasteiger partial charge < -0.3 is 14.6 Å². The predicted octanol–water partition coefficient (Wildman–Crippen LogP) is 0.926. The number of ether oxygens (including phenoxy) is 1. The van der Waals surface area contributed by atoms with Crippen molar-refractivity contribution in [3.63, 3.8) is 0 Å². The van der Waals surface area contributed by atoms with Gasteiger partial charge in [-0.15, -0.1) is 10.2 Å². The maximum Gasteiger partial charge on any atom is 0.223 e. The van der Waals surface area contributed by atoms with Gasteiger partial charge in [0.15, 0.2) is 5.82 Å². The summed E-state index contributed by atoms with van der Waals surface area (Å²) in [6, 6.07) is 0.193. The minimum Gasteiger partial charge on any atom is -0.381 e. The maximum atomic E-state index is 12.5. The first-order valence-corrected chi connectivity index (χ1v) is 9.00. The van der Waals surface area contributed by atoms with Gasteiger partial charge in [0.05, 0.1) is 11.8 Å². The summed E-state index contributed by atoms with van der Waals surface area (Å²) in [5, 5.41) is 16.2. The van der Waals surface area contributed by atoms with Gasteiger partial charge in [-0.1, -0.05) is 0 Å². The molecule has 0 bridgehead atoms. The Bertz CT molecular complexity index is 746. The zero-order chi connectivity index (χ0) is 17.2. The fraction of sp³-hybridized carbons (Fsp3) is 0.647. The van der Waals surface area contributed by atoms with Crippen molar-refractivity contribution >= 4 is 5.91 Å². The summed E-state index contributed by atoms with van der Waals surface area (Å²) in [4.78, 5) is 12.5.